The predicted octanol–water partition coefficient (Wildman–Crippen LogP) is 0.700. The SMILES string of the molecule is C[C]=O.Cl.N. The molecule has 3 N–H and O–H groups in total. The van der Waals surface area contributed by atoms with Gasteiger partial charge in [0.15, 0.2) is 6.29 Å². The van der Waals surface area contributed by atoms with Crippen LogP contribution >= 0.6 is 12.4 Å². The van der Waals surface area contributed by atoms with Crippen molar-refractivity contribution >= 4 is 18.7 Å². The summed E-state index contributed by atoms with van der Waals surface area (Å²) in [7, 11) is 0. The lowest BCUT2D eigenvalue weighted by Crippen LogP contribution is -1.35. The van der Waals surface area contributed by atoms with Crippen LogP contribution in [0.5, 0.6) is 0 Å². The van der Waals surface area contributed by atoms with Crippen LogP contribution in [0.4, 0.5) is 0 Å². The molecule has 3 heteroatoms. The monoisotopic (exact) mass is 96.0 g/mol. The van der Waals surface area contributed by atoms with Crippen LogP contribution in [-0.4, -0.2) is 6.29 Å². The highest BCUT2D eigenvalue weighted by atomic mass is 35.5. The molecule has 33 valence electrons. The standard InChI is InChI=1S/C2H3O.ClH.H3N/c1-2-3;;/h1H3;1H;1H3. The Bertz CT molecular complexity index is 17.1. The lowest BCUT2D eigenvalue weighted by Gasteiger charge is -1.19. The Labute approximate surface area is 37.6 Å². The summed E-state index contributed by atoms with van der Waals surface area (Å²) in [4.78, 5) is 8.68. The van der Waals surface area contributed by atoms with E-state index in [0.29, 0.717) is 0 Å². The van der Waals surface area contributed by atoms with E-state index in [1.54, 1.807) is 0 Å². The van der Waals surface area contributed by atoms with Crippen LogP contribution in [-0.2, 0) is 4.79 Å². The average Bonchev–Trinajstić information content (AvgIpc) is 0.918. The maximum Gasteiger partial charge on any atom is 0.195 e. The van der Waals surface area contributed by atoms with E-state index in [1.807, 2.05) is 0 Å². The van der Waals surface area contributed by atoms with Gasteiger partial charge in [-0.15, -0.1) is 12.4 Å². The number of rotatable bonds is 0. The fourth-order valence-corrected chi connectivity index (χ4v) is 0. The molecule has 1 radical (unpaired) electrons. The first-order chi connectivity index (χ1) is 1.41. The molecule has 0 saturated heterocycles. The normalized spacial score (nSPS) is 2.60. The molecule has 0 spiro atoms. The van der Waals surface area contributed by atoms with Crippen molar-refractivity contribution in [2.75, 3.05) is 0 Å². The predicted molar refractivity (Wildman–Crippen MR) is 23.6 cm³/mol. The maximum atomic E-state index is 8.68. The summed E-state index contributed by atoms with van der Waals surface area (Å²) in [5.74, 6) is 0. The summed E-state index contributed by atoms with van der Waals surface area (Å²) in [6.07, 6.45) is 1.50. The van der Waals surface area contributed by atoms with Crippen LogP contribution < -0.4 is 6.15 Å². The summed E-state index contributed by atoms with van der Waals surface area (Å²) in [6.45, 7) is 1.32. The van der Waals surface area contributed by atoms with Crippen LogP contribution in [0.25, 0.3) is 0 Å². The second-order valence-electron chi connectivity index (χ2n) is 0.204. The third-order valence-corrected chi connectivity index (χ3v) is 0. The second kappa shape index (κ2) is 39.5. The van der Waals surface area contributed by atoms with Crippen molar-refractivity contribution < 1.29 is 4.79 Å². The van der Waals surface area contributed by atoms with Gasteiger partial charge in [0.25, 0.3) is 0 Å². The minimum Gasteiger partial charge on any atom is -0.344 e. The van der Waals surface area contributed by atoms with Gasteiger partial charge in [-0.2, -0.15) is 0 Å². The second-order valence-corrected chi connectivity index (χ2v) is 0.204. The van der Waals surface area contributed by atoms with Gasteiger partial charge in [-0.1, -0.05) is 0 Å². The molecule has 0 fully saturated rings. The van der Waals surface area contributed by atoms with Crippen molar-refractivity contribution in [1.29, 1.82) is 0 Å². The molecule has 0 bridgehead atoms. The molecular formula is C2H7ClNO. The van der Waals surface area contributed by atoms with Gasteiger partial charge >= 0.3 is 0 Å². The smallest absolute Gasteiger partial charge is 0.195 e. The zero-order valence-corrected chi connectivity index (χ0v) is 3.84. The van der Waals surface area contributed by atoms with E-state index in [4.69, 9.17) is 4.79 Å². The molecule has 0 aromatic rings. The highest BCUT2D eigenvalue weighted by Crippen LogP contribution is 1.13. The van der Waals surface area contributed by atoms with Crippen LogP contribution in [0.1, 0.15) is 6.92 Å². The number of carbonyl (C=O) groups excluding carboxylic acids is 1. The molecular weight excluding hydrogens is 89.5 g/mol. The van der Waals surface area contributed by atoms with E-state index in [1.165, 1.54) is 13.2 Å². The van der Waals surface area contributed by atoms with E-state index in [0.717, 1.165) is 0 Å². The van der Waals surface area contributed by atoms with Crippen molar-refractivity contribution in [2.45, 2.75) is 6.92 Å². The first-order valence-electron chi connectivity index (χ1n) is 0.704. The topological polar surface area (TPSA) is 52.1 Å². The van der Waals surface area contributed by atoms with Gasteiger partial charge in [-0.25, -0.2) is 0 Å². The van der Waals surface area contributed by atoms with E-state index >= 15 is 0 Å². The van der Waals surface area contributed by atoms with E-state index in [2.05, 4.69) is 0 Å². The third-order valence-electron chi connectivity index (χ3n) is 0. The fraction of sp³-hybridized carbons (Fsp3) is 0.500. The van der Waals surface area contributed by atoms with Crippen molar-refractivity contribution in [1.82, 2.24) is 6.15 Å². The lowest BCUT2D eigenvalue weighted by molar-refractivity contribution is 0.560. The highest BCUT2D eigenvalue weighted by Gasteiger charge is 1.29. The zero-order valence-electron chi connectivity index (χ0n) is 3.02. The van der Waals surface area contributed by atoms with Crippen molar-refractivity contribution in [3.8, 4) is 0 Å². The van der Waals surface area contributed by atoms with Gasteiger partial charge in [-0.3, -0.25) is 4.79 Å². The maximum absolute atomic E-state index is 8.68. The largest absolute Gasteiger partial charge is 0.344 e. The van der Waals surface area contributed by atoms with E-state index in [9.17, 15) is 0 Å². The van der Waals surface area contributed by atoms with Gasteiger partial charge in [0, 0.05) is 6.92 Å². The molecule has 0 amide bonds. The van der Waals surface area contributed by atoms with Gasteiger partial charge in [0.1, 0.15) is 0 Å². The number of hydrogen-bond acceptors (Lipinski definition) is 2. The van der Waals surface area contributed by atoms with Crippen molar-refractivity contribution in [2.24, 2.45) is 0 Å². The molecule has 0 aromatic heterocycles. The summed E-state index contributed by atoms with van der Waals surface area (Å²) in [6, 6.07) is 0. The molecule has 0 aromatic carbocycles. The Morgan fingerprint density at radius 3 is 1.60 bits per heavy atom. The van der Waals surface area contributed by atoms with Gasteiger partial charge in [0.2, 0.25) is 0 Å². The van der Waals surface area contributed by atoms with Crippen LogP contribution in [0, 0.1) is 0 Å². The summed E-state index contributed by atoms with van der Waals surface area (Å²) >= 11 is 0. The van der Waals surface area contributed by atoms with Crippen LogP contribution in [0.15, 0.2) is 0 Å². The molecule has 0 heterocycles. The molecule has 5 heavy (non-hydrogen) atoms. The Hall–Kier alpha value is -0.0800. The number of hydrogen-bond donors (Lipinski definition) is 1. The molecule has 0 atom stereocenters. The van der Waals surface area contributed by atoms with Crippen LogP contribution in [0.2, 0.25) is 0 Å². The molecule has 0 aliphatic carbocycles. The average molecular weight is 96.5 g/mol. The molecule has 0 rings (SSSR count). The Balaban J connectivity index is -0.0000000200. The van der Waals surface area contributed by atoms with Crippen molar-refractivity contribution in [3.63, 3.8) is 0 Å². The van der Waals surface area contributed by atoms with E-state index < -0.39 is 0 Å². The van der Waals surface area contributed by atoms with Gasteiger partial charge in [-0.05, 0) is 0 Å². The summed E-state index contributed by atoms with van der Waals surface area (Å²) in [5.41, 5.74) is 0. The summed E-state index contributed by atoms with van der Waals surface area (Å²) in [5, 5.41) is 0. The number of halogens is 1. The van der Waals surface area contributed by atoms with Crippen LogP contribution in [0.3, 0.4) is 0 Å². The molecule has 2 nitrogen and oxygen atoms in total. The van der Waals surface area contributed by atoms with Crippen molar-refractivity contribution in [3.05, 3.63) is 0 Å². The first-order valence-corrected chi connectivity index (χ1v) is 0.704. The molecule has 0 unspecified atom stereocenters. The van der Waals surface area contributed by atoms with Gasteiger partial charge < -0.3 is 6.15 Å². The quantitative estimate of drug-likeness (QED) is 0.483. The molecule has 0 aliphatic heterocycles. The van der Waals surface area contributed by atoms with E-state index in [-0.39, 0.29) is 18.6 Å². The minimum absolute atomic E-state index is 0. The Morgan fingerprint density at radius 2 is 1.60 bits per heavy atom. The first kappa shape index (κ1) is 20.5. The Morgan fingerprint density at radius 1 is 1.60 bits per heavy atom. The highest BCUT2D eigenvalue weighted by molar-refractivity contribution is 5.85. The Kier molecular flexibility index (Phi) is 162. The lowest BCUT2D eigenvalue weighted by atomic mass is 11.0. The molecule has 0 aliphatic rings. The summed E-state index contributed by atoms with van der Waals surface area (Å²) < 4.78 is 0. The third kappa shape index (κ3) is 2260. The minimum atomic E-state index is 0. The molecule has 0 saturated carbocycles. The van der Waals surface area contributed by atoms with Gasteiger partial charge in [0.05, 0.1) is 0 Å². The zero-order chi connectivity index (χ0) is 2.71. The fourth-order valence-electron chi connectivity index (χ4n) is 0.